The summed E-state index contributed by atoms with van der Waals surface area (Å²) in [6, 6.07) is 8.12. The van der Waals surface area contributed by atoms with Gasteiger partial charge in [0.25, 0.3) is 0 Å². The summed E-state index contributed by atoms with van der Waals surface area (Å²) in [5, 5.41) is 0.600. The third-order valence-electron chi connectivity index (χ3n) is 2.81. The molecule has 1 nitrogen and oxygen atoms in total. The lowest BCUT2D eigenvalue weighted by molar-refractivity contribution is 0.908. The van der Waals surface area contributed by atoms with Crippen LogP contribution < -0.4 is 0 Å². The first-order valence-corrected chi connectivity index (χ1v) is 7.46. The van der Waals surface area contributed by atoms with Gasteiger partial charge in [0.15, 0.2) is 0 Å². The summed E-state index contributed by atoms with van der Waals surface area (Å²) in [6.45, 7) is 2.09. The van der Waals surface area contributed by atoms with Crippen molar-refractivity contribution in [2.75, 3.05) is 0 Å². The molecule has 0 bridgehead atoms. The minimum Gasteiger partial charge on any atom is -0.263 e. The van der Waals surface area contributed by atoms with Gasteiger partial charge in [0.2, 0.25) is 0 Å². The van der Waals surface area contributed by atoms with Crippen LogP contribution in [0.15, 0.2) is 36.7 Å². The number of pyridine rings is 1. The highest BCUT2D eigenvalue weighted by Gasteiger charge is 2.14. The maximum Gasteiger partial charge on any atom is 0.0636 e. The molecule has 2 rings (SSSR count). The number of nitrogens with zero attached hydrogens (tertiary/aromatic N) is 1. The molecule has 0 aliphatic rings. The highest BCUT2D eigenvalue weighted by Crippen LogP contribution is 2.31. The Hall–Kier alpha value is -0.320. The summed E-state index contributed by atoms with van der Waals surface area (Å²) in [4.78, 5) is 3.98. The number of halogens is 3. The molecule has 0 N–H and O–H groups in total. The van der Waals surface area contributed by atoms with Gasteiger partial charge >= 0.3 is 0 Å². The topological polar surface area (TPSA) is 12.9 Å². The third-order valence-corrected chi connectivity index (χ3v) is 5.02. The minimum absolute atomic E-state index is 0.0725. The van der Waals surface area contributed by atoms with Gasteiger partial charge < -0.3 is 0 Å². The van der Waals surface area contributed by atoms with Crippen LogP contribution >= 0.6 is 45.8 Å². The van der Waals surface area contributed by atoms with Gasteiger partial charge in [-0.25, -0.2) is 0 Å². The van der Waals surface area contributed by atoms with Crippen LogP contribution in [0.4, 0.5) is 0 Å². The monoisotopic (exact) mass is 391 g/mol. The molecular weight excluding hydrogens is 380 g/mol. The van der Waals surface area contributed by atoms with Gasteiger partial charge in [-0.2, -0.15) is 0 Å². The Balaban J connectivity index is 2.25. The van der Waals surface area contributed by atoms with Crippen LogP contribution in [-0.2, 0) is 6.42 Å². The average Bonchev–Trinajstić information content (AvgIpc) is 2.35. The fourth-order valence-corrected chi connectivity index (χ4v) is 3.25. The Morgan fingerprint density at radius 1 is 1.33 bits per heavy atom. The minimum atomic E-state index is -0.0725. The zero-order chi connectivity index (χ0) is 13.1. The largest absolute Gasteiger partial charge is 0.263 e. The lowest BCUT2D eigenvalue weighted by atomic mass is 10.0. The maximum absolute atomic E-state index is 6.51. The highest BCUT2D eigenvalue weighted by molar-refractivity contribution is 14.1. The van der Waals surface area contributed by atoms with E-state index in [0.29, 0.717) is 11.4 Å². The van der Waals surface area contributed by atoms with Crippen LogP contribution in [0.5, 0.6) is 0 Å². The van der Waals surface area contributed by atoms with E-state index in [1.54, 1.807) is 12.4 Å². The molecule has 4 heteroatoms. The zero-order valence-electron chi connectivity index (χ0n) is 9.83. The molecule has 0 saturated carbocycles. The fourth-order valence-electron chi connectivity index (χ4n) is 1.78. The second-order valence-electron chi connectivity index (χ2n) is 4.12. The van der Waals surface area contributed by atoms with E-state index in [1.165, 1.54) is 9.13 Å². The summed E-state index contributed by atoms with van der Waals surface area (Å²) in [6.07, 6.45) is 4.11. The molecule has 1 aromatic carbocycles. The molecule has 0 fully saturated rings. The van der Waals surface area contributed by atoms with Crippen molar-refractivity contribution >= 4 is 45.8 Å². The predicted molar refractivity (Wildman–Crippen MR) is 85.4 cm³/mol. The van der Waals surface area contributed by atoms with Crippen LogP contribution in [0.25, 0.3) is 0 Å². The van der Waals surface area contributed by atoms with Crippen molar-refractivity contribution < 1.29 is 0 Å². The van der Waals surface area contributed by atoms with Crippen LogP contribution in [0.3, 0.4) is 0 Å². The second-order valence-corrected chi connectivity index (χ2v) is 6.13. The van der Waals surface area contributed by atoms with Crippen molar-refractivity contribution in [3.8, 4) is 0 Å². The van der Waals surface area contributed by atoms with E-state index in [-0.39, 0.29) is 5.38 Å². The van der Waals surface area contributed by atoms with Gasteiger partial charge in [0.1, 0.15) is 0 Å². The Morgan fingerprint density at radius 3 is 2.83 bits per heavy atom. The fraction of sp³-hybridized carbons (Fsp3) is 0.214. The van der Waals surface area contributed by atoms with E-state index in [2.05, 4.69) is 46.6 Å². The first kappa shape index (κ1) is 14.1. The maximum atomic E-state index is 6.51. The molecule has 1 heterocycles. The highest BCUT2D eigenvalue weighted by atomic mass is 127. The number of hydrogen-bond donors (Lipinski definition) is 0. The summed E-state index contributed by atoms with van der Waals surface area (Å²) >= 11 is 15.0. The Labute approximate surface area is 131 Å². The molecule has 1 aromatic heterocycles. The number of alkyl halides is 1. The van der Waals surface area contributed by atoms with Crippen LogP contribution in [0.1, 0.15) is 22.1 Å². The van der Waals surface area contributed by atoms with E-state index < -0.39 is 0 Å². The zero-order valence-corrected chi connectivity index (χ0v) is 13.5. The Bertz CT molecular complexity index is 557. The van der Waals surface area contributed by atoms with Gasteiger partial charge in [-0.1, -0.05) is 29.8 Å². The predicted octanol–water partition coefficient (Wildman–Crippen LogP) is 5.17. The molecule has 0 radical (unpaired) electrons. The van der Waals surface area contributed by atoms with Gasteiger partial charge in [0.05, 0.1) is 10.4 Å². The van der Waals surface area contributed by atoms with Crippen molar-refractivity contribution in [2.24, 2.45) is 0 Å². The van der Waals surface area contributed by atoms with Crippen molar-refractivity contribution in [1.29, 1.82) is 0 Å². The van der Waals surface area contributed by atoms with Gasteiger partial charge in [-0.15, -0.1) is 11.6 Å². The SMILES string of the molecule is Cc1cccc(C(Cl)Cc2ccncc2Cl)c1I. The molecule has 18 heavy (non-hydrogen) atoms. The van der Waals surface area contributed by atoms with E-state index in [4.69, 9.17) is 23.2 Å². The summed E-state index contributed by atoms with van der Waals surface area (Å²) in [7, 11) is 0. The molecular formula is C14H12Cl2IN. The number of aryl methyl sites for hydroxylation is 1. The Kier molecular flexibility index (Phi) is 4.87. The quantitative estimate of drug-likeness (QED) is 0.519. The number of hydrogen-bond acceptors (Lipinski definition) is 1. The van der Waals surface area contributed by atoms with E-state index in [0.717, 1.165) is 11.1 Å². The van der Waals surface area contributed by atoms with Gasteiger partial charge in [-0.3, -0.25) is 4.98 Å². The molecule has 0 saturated heterocycles. The molecule has 0 spiro atoms. The average molecular weight is 392 g/mol. The van der Waals surface area contributed by atoms with Gasteiger partial charge in [0, 0.05) is 16.0 Å². The summed E-state index contributed by atoms with van der Waals surface area (Å²) < 4.78 is 1.22. The summed E-state index contributed by atoms with van der Waals surface area (Å²) in [5.41, 5.74) is 3.44. The molecule has 1 atom stereocenters. The Morgan fingerprint density at radius 2 is 2.11 bits per heavy atom. The summed E-state index contributed by atoms with van der Waals surface area (Å²) in [5.74, 6) is 0. The van der Waals surface area contributed by atoms with Crippen LogP contribution in [0, 0.1) is 10.5 Å². The molecule has 1 unspecified atom stereocenters. The molecule has 94 valence electrons. The second kappa shape index (κ2) is 6.22. The molecule has 2 aromatic rings. The lowest BCUT2D eigenvalue weighted by Crippen LogP contribution is -2.00. The molecule has 0 aliphatic carbocycles. The van der Waals surface area contributed by atoms with Crippen molar-refractivity contribution in [3.05, 3.63) is 61.9 Å². The van der Waals surface area contributed by atoms with Crippen molar-refractivity contribution in [2.45, 2.75) is 18.7 Å². The third kappa shape index (κ3) is 3.16. The lowest BCUT2D eigenvalue weighted by Gasteiger charge is -2.14. The smallest absolute Gasteiger partial charge is 0.0636 e. The first-order chi connectivity index (χ1) is 8.59. The van der Waals surface area contributed by atoms with E-state index in [1.807, 2.05) is 12.1 Å². The van der Waals surface area contributed by atoms with E-state index >= 15 is 0 Å². The first-order valence-electron chi connectivity index (χ1n) is 5.57. The van der Waals surface area contributed by atoms with E-state index in [9.17, 15) is 0 Å². The number of aromatic nitrogens is 1. The normalized spacial score (nSPS) is 12.4. The van der Waals surface area contributed by atoms with Crippen LogP contribution in [-0.4, -0.2) is 4.98 Å². The van der Waals surface area contributed by atoms with Crippen molar-refractivity contribution in [1.82, 2.24) is 4.98 Å². The standard InChI is InChI=1S/C14H12Cl2IN/c1-9-3-2-4-11(14(9)17)12(15)7-10-5-6-18-8-13(10)16/h2-6,8,12H,7H2,1H3. The number of rotatable bonds is 3. The number of benzene rings is 1. The van der Waals surface area contributed by atoms with Gasteiger partial charge in [-0.05, 0) is 58.7 Å². The van der Waals surface area contributed by atoms with Crippen molar-refractivity contribution in [3.63, 3.8) is 0 Å². The molecule has 0 amide bonds. The molecule has 0 aliphatic heterocycles. The van der Waals surface area contributed by atoms with Crippen LogP contribution in [0.2, 0.25) is 5.02 Å².